The Morgan fingerprint density at radius 3 is 2.94 bits per heavy atom. The summed E-state index contributed by atoms with van der Waals surface area (Å²) in [4.78, 5) is 12.2. The molecule has 1 atom stereocenters. The quantitative estimate of drug-likeness (QED) is 0.769. The van der Waals surface area contributed by atoms with Gasteiger partial charge in [-0.15, -0.1) is 0 Å². The lowest BCUT2D eigenvalue weighted by Crippen LogP contribution is -2.49. The van der Waals surface area contributed by atoms with Crippen LogP contribution in [0.1, 0.15) is 18.9 Å². The van der Waals surface area contributed by atoms with E-state index in [-0.39, 0.29) is 12.7 Å². The van der Waals surface area contributed by atoms with Crippen molar-refractivity contribution in [3.05, 3.63) is 23.8 Å². The molecule has 2 N–H and O–H groups in total. The van der Waals surface area contributed by atoms with Crippen LogP contribution in [0.3, 0.4) is 0 Å². The van der Waals surface area contributed by atoms with Crippen molar-refractivity contribution in [3.8, 4) is 11.5 Å². The van der Waals surface area contributed by atoms with Gasteiger partial charge in [0.2, 0.25) is 12.7 Å². The molecule has 5 nitrogen and oxygen atoms in total. The second-order valence-corrected chi connectivity index (χ2v) is 4.73. The number of benzene rings is 1. The highest BCUT2D eigenvalue weighted by molar-refractivity contribution is 5.87. The van der Waals surface area contributed by atoms with Gasteiger partial charge in [-0.1, -0.05) is 6.07 Å². The smallest absolute Gasteiger partial charge is 0.244 e. The first-order valence-electron chi connectivity index (χ1n) is 6.13. The molecule has 1 amide bonds. The number of amides is 1. The van der Waals surface area contributed by atoms with Gasteiger partial charge in [0.15, 0.2) is 11.5 Å². The van der Waals surface area contributed by atoms with Crippen molar-refractivity contribution in [1.82, 2.24) is 10.6 Å². The fourth-order valence-electron chi connectivity index (χ4n) is 2.33. The number of fused-ring (bicyclic) bond motifs is 1. The monoisotopic (exact) mass is 248 g/mol. The van der Waals surface area contributed by atoms with Gasteiger partial charge in [0, 0.05) is 6.54 Å². The van der Waals surface area contributed by atoms with Crippen molar-refractivity contribution in [3.63, 3.8) is 0 Å². The van der Waals surface area contributed by atoms with E-state index in [1.54, 1.807) is 0 Å². The Morgan fingerprint density at radius 1 is 1.22 bits per heavy atom. The largest absolute Gasteiger partial charge is 0.454 e. The van der Waals surface area contributed by atoms with Crippen LogP contribution in [-0.4, -0.2) is 25.8 Å². The molecule has 0 aromatic heterocycles. The Labute approximate surface area is 105 Å². The standard InChI is InChI=1S/C13H16N2O3/c1-13(12(16)14-5-2-6-15-13)9-3-4-10-11(7-9)18-8-17-10/h3-4,7,15H,2,5-6,8H2,1H3,(H,14,16). The predicted octanol–water partition coefficient (Wildman–Crippen LogP) is 0.740. The summed E-state index contributed by atoms with van der Waals surface area (Å²) in [5.74, 6) is 1.43. The van der Waals surface area contributed by atoms with Crippen LogP contribution in [0.5, 0.6) is 11.5 Å². The van der Waals surface area contributed by atoms with Gasteiger partial charge in [-0.05, 0) is 37.6 Å². The van der Waals surface area contributed by atoms with Gasteiger partial charge in [-0.3, -0.25) is 10.1 Å². The first-order chi connectivity index (χ1) is 8.70. The molecule has 0 radical (unpaired) electrons. The molecular formula is C13H16N2O3. The second kappa shape index (κ2) is 4.17. The number of ether oxygens (including phenoxy) is 2. The van der Waals surface area contributed by atoms with Gasteiger partial charge in [0.05, 0.1) is 0 Å². The fourth-order valence-corrected chi connectivity index (χ4v) is 2.33. The van der Waals surface area contributed by atoms with E-state index in [2.05, 4.69) is 10.6 Å². The normalized spacial score (nSPS) is 26.6. The predicted molar refractivity (Wildman–Crippen MR) is 65.5 cm³/mol. The molecule has 1 unspecified atom stereocenters. The zero-order chi connectivity index (χ0) is 12.6. The summed E-state index contributed by atoms with van der Waals surface area (Å²) in [6, 6.07) is 5.63. The van der Waals surface area contributed by atoms with E-state index < -0.39 is 5.54 Å². The van der Waals surface area contributed by atoms with Gasteiger partial charge in [0.25, 0.3) is 0 Å². The van der Waals surface area contributed by atoms with E-state index in [4.69, 9.17) is 9.47 Å². The third kappa shape index (κ3) is 1.71. The number of hydrogen-bond acceptors (Lipinski definition) is 4. The summed E-state index contributed by atoms with van der Waals surface area (Å²) < 4.78 is 10.6. The average molecular weight is 248 g/mol. The molecule has 1 saturated heterocycles. The second-order valence-electron chi connectivity index (χ2n) is 4.73. The Hall–Kier alpha value is -1.75. The number of nitrogens with one attached hydrogen (secondary N) is 2. The lowest BCUT2D eigenvalue weighted by molar-refractivity contribution is -0.126. The van der Waals surface area contributed by atoms with E-state index in [1.165, 1.54) is 0 Å². The Bertz CT molecular complexity index is 489. The summed E-state index contributed by atoms with van der Waals surface area (Å²) >= 11 is 0. The first-order valence-corrected chi connectivity index (χ1v) is 6.13. The van der Waals surface area contributed by atoms with Crippen molar-refractivity contribution in [2.45, 2.75) is 18.9 Å². The van der Waals surface area contributed by atoms with Gasteiger partial charge in [-0.2, -0.15) is 0 Å². The van der Waals surface area contributed by atoms with E-state index >= 15 is 0 Å². The molecule has 5 heteroatoms. The summed E-state index contributed by atoms with van der Waals surface area (Å²) in [6.07, 6.45) is 0.936. The topological polar surface area (TPSA) is 59.6 Å². The highest BCUT2D eigenvalue weighted by Crippen LogP contribution is 2.36. The number of carbonyl (C=O) groups excluding carboxylic acids is 1. The zero-order valence-corrected chi connectivity index (χ0v) is 10.3. The zero-order valence-electron chi connectivity index (χ0n) is 10.3. The molecule has 1 aromatic rings. The minimum atomic E-state index is -0.711. The van der Waals surface area contributed by atoms with Crippen molar-refractivity contribution in [2.75, 3.05) is 19.9 Å². The third-order valence-electron chi connectivity index (χ3n) is 3.52. The molecule has 18 heavy (non-hydrogen) atoms. The maximum Gasteiger partial charge on any atom is 0.244 e. The van der Waals surface area contributed by atoms with Gasteiger partial charge in [-0.25, -0.2) is 0 Å². The maximum atomic E-state index is 12.2. The van der Waals surface area contributed by atoms with Crippen molar-refractivity contribution < 1.29 is 14.3 Å². The van der Waals surface area contributed by atoms with Crippen molar-refractivity contribution >= 4 is 5.91 Å². The highest BCUT2D eigenvalue weighted by Gasteiger charge is 2.36. The molecule has 0 saturated carbocycles. The van der Waals surface area contributed by atoms with Crippen LogP contribution in [-0.2, 0) is 10.3 Å². The minimum absolute atomic E-state index is 0.00105. The Balaban J connectivity index is 1.99. The fraction of sp³-hybridized carbons (Fsp3) is 0.462. The summed E-state index contributed by atoms with van der Waals surface area (Å²) in [7, 11) is 0. The first kappa shape index (κ1) is 11.3. The lowest BCUT2D eigenvalue weighted by atomic mass is 9.91. The van der Waals surface area contributed by atoms with E-state index in [0.29, 0.717) is 12.3 Å². The average Bonchev–Trinajstić information content (AvgIpc) is 2.77. The SMILES string of the molecule is CC1(c2ccc3c(c2)OCO3)NCCCNC1=O. The van der Waals surface area contributed by atoms with E-state index in [9.17, 15) is 4.79 Å². The maximum absolute atomic E-state index is 12.2. The molecule has 1 aromatic carbocycles. The lowest BCUT2D eigenvalue weighted by Gasteiger charge is -2.28. The van der Waals surface area contributed by atoms with E-state index in [1.807, 2.05) is 25.1 Å². The van der Waals surface area contributed by atoms with Crippen LogP contribution in [0, 0.1) is 0 Å². The molecule has 3 rings (SSSR count). The molecule has 0 aliphatic carbocycles. The molecule has 2 aliphatic heterocycles. The molecule has 1 fully saturated rings. The third-order valence-corrected chi connectivity index (χ3v) is 3.52. The van der Waals surface area contributed by atoms with Crippen LogP contribution < -0.4 is 20.1 Å². The van der Waals surface area contributed by atoms with Crippen LogP contribution in [0.4, 0.5) is 0 Å². The molecule has 0 bridgehead atoms. The minimum Gasteiger partial charge on any atom is -0.454 e. The van der Waals surface area contributed by atoms with Crippen molar-refractivity contribution in [2.24, 2.45) is 0 Å². The molecule has 96 valence electrons. The van der Waals surface area contributed by atoms with E-state index in [0.717, 1.165) is 24.3 Å². The number of hydrogen-bond donors (Lipinski definition) is 2. The van der Waals surface area contributed by atoms with Crippen LogP contribution >= 0.6 is 0 Å². The number of rotatable bonds is 1. The Morgan fingerprint density at radius 2 is 2.06 bits per heavy atom. The van der Waals surface area contributed by atoms with Crippen molar-refractivity contribution in [1.29, 1.82) is 0 Å². The summed E-state index contributed by atoms with van der Waals surface area (Å²) in [5.41, 5.74) is 0.184. The summed E-state index contributed by atoms with van der Waals surface area (Å²) in [5, 5.41) is 6.23. The Kier molecular flexibility index (Phi) is 2.63. The van der Waals surface area contributed by atoms with Crippen LogP contribution in [0.15, 0.2) is 18.2 Å². The molecule has 2 heterocycles. The molecule has 2 aliphatic rings. The number of carbonyl (C=O) groups is 1. The van der Waals surface area contributed by atoms with Crippen LogP contribution in [0.25, 0.3) is 0 Å². The van der Waals surface area contributed by atoms with Gasteiger partial charge in [0.1, 0.15) is 5.54 Å². The summed E-state index contributed by atoms with van der Waals surface area (Å²) in [6.45, 7) is 3.66. The highest BCUT2D eigenvalue weighted by atomic mass is 16.7. The van der Waals surface area contributed by atoms with Crippen LogP contribution in [0.2, 0.25) is 0 Å². The molecular weight excluding hydrogens is 232 g/mol. The van der Waals surface area contributed by atoms with Gasteiger partial charge < -0.3 is 14.8 Å². The molecule has 0 spiro atoms. The van der Waals surface area contributed by atoms with Gasteiger partial charge >= 0.3 is 0 Å².